The Morgan fingerprint density at radius 2 is 2.14 bits per heavy atom. The van der Waals surface area contributed by atoms with Gasteiger partial charge in [0.05, 0.1) is 30.1 Å². The number of nitrogens with one attached hydrogen (secondary N) is 1. The van der Waals surface area contributed by atoms with Crippen molar-refractivity contribution in [3.05, 3.63) is 49.3 Å². The first-order chi connectivity index (χ1) is 13.6. The SMILES string of the molecule is CN(c1cnc(-c2ccc(-n3ccnc3)cc2O)cn1)C1CCNC2(CC2)C1. The molecule has 3 heterocycles. The minimum atomic E-state index is 0.177. The maximum absolute atomic E-state index is 10.5. The van der Waals surface area contributed by atoms with Crippen molar-refractivity contribution in [2.75, 3.05) is 18.5 Å². The lowest BCUT2D eigenvalue weighted by Gasteiger charge is -2.37. The average Bonchev–Trinajstić information content (AvgIpc) is 3.24. The summed E-state index contributed by atoms with van der Waals surface area (Å²) in [5.74, 6) is 1.05. The van der Waals surface area contributed by atoms with Crippen molar-refractivity contribution >= 4 is 5.82 Å². The Labute approximate surface area is 164 Å². The van der Waals surface area contributed by atoms with Crippen molar-refractivity contribution in [1.29, 1.82) is 0 Å². The van der Waals surface area contributed by atoms with Crippen LogP contribution < -0.4 is 10.2 Å². The molecule has 1 aromatic carbocycles. The third kappa shape index (κ3) is 3.11. The second-order valence-corrected chi connectivity index (χ2v) is 7.90. The molecule has 144 valence electrons. The van der Waals surface area contributed by atoms with Crippen molar-refractivity contribution in [3.8, 4) is 22.7 Å². The third-order valence-corrected chi connectivity index (χ3v) is 6.06. The van der Waals surface area contributed by atoms with Crippen LogP contribution >= 0.6 is 0 Å². The Kier molecular flexibility index (Phi) is 4.05. The Bertz CT molecular complexity index is 965. The molecule has 0 amide bonds. The molecule has 1 unspecified atom stereocenters. The number of hydrogen-bond donors (Lipinski definition) is 2. The predicted molar refractivity (Wildman–Crippen MR) is 108 cm³/mol. The molecule has 1 aliphatic heterocycles. The Balaban J connectivity index is 1.35. The van der Waals surface area contributed by atoms with Crippen LogP contribution in [0.3, 0.4) is 0 Å². The average molecular weight is 376 g/mol. The van der Waals surface area contributed by atoms with Crippen molar-refractivity contribution in [3.63, 3.8) is 0 Å². The molecule has 7 heteroatoms. The molecule has 1 saturated heterocycles. The van der Waals surface area contributed by atoms with Gasteiger partial charge in [-0.25, -0.2) is 9.97 Å². The van der Waals surface area contributed by atoms with Gasteiger partial charge in [0.1, 0.15) is 11.6 Å². The molecule has 7 nitrogen and oxygen atoms in total. The van der Waals surface area contributed by atoms with Gasteiger partial charge in [0.25, 0.3) is 0 Å². The van der Waals surface area contributed by atoms with E-state index < -0.39 is 0 Å². The summed E-state index contributed by atoms with van der Waals surface area (Å²) in [6, 6.07) is 6.00. The molecule has 2 aromatic heterocycles. The van der Waals surface area contributed by atoms with Gasteiger partial charge in [-0.2, -0.15) is 0 Å². The first kappa shape index (κ1) is 17.2. The van der Waals surface area contributed by atoms with Gasteiger partial charge in [-0.3, -0.25) is 4.98 Å². The lowest BCUT2D eigenvalue weighted by molar-refractivity contribution is 0.337. The standard InChI is InChI=1S/C21H24N6O/c1-26(16-4-7-25-21(11-16)5-6-21)20-13-23-18(12-24-20)17-3-2-15(10-19(17)28)27-9-8-22-14-27/h2-3,8-10,12-14,16,25,28H,4-7,11H2,1H3. The number of hydrogen-bond acceptors (Lipinski definition) is 6. The molecule has 28 heavy (non-hydrogen) atoms. The van der Waals surface area contributed by atoms with E-state index in [1.165, 1.54) is 19.3 Å². The van der Waals surface area contributed by atoms with E-state index in [4.69, 9.17) is 0 Å². The lowest BCUT2D eigenvalue weighted by Crippen LogP contribution is -2.48. The molecular weight excluding hydrogens is 352 g/mol. The van der Waals surface area contributed by atoms with Crippen molar-refractivity contribution < 1.29 is 5.11 Å². The highest BCUT2D eigenvalue weighted by atomic mass is 16.3. The summed E-state index contributed by atoms with van der Waals surface area (Å²) in [7, 11) is 2.10. The summed E-state index contributed by atoms with van der Waals surface area (Å²) in [5.41, 5.74) is 2.57. The molecule has 1 spiro atoms. The molecule has 1 atom stereocenters. The van der Waals surface area contributed by atoms with E-state index in [-0.39, 0.29) is 5.75 Å². The largest absolute Gasteiger partial charge is 0.507 e. The normalized spacial score (nSPS) is 20.2. The highest BCUT2D eigenvalue weighted by molar-refractivity contribution is 5.68. The highest BCUT2D eigenvalue weighted by Gasteiger charge is 2.46. The summed E-state index contributed by atoms with van der Waals surface area (Å²) >= 11 is 0. The summed E-state index contributed by atoms with van der Waals surface area (Å²) in [6.07, 6.45) is 13.7. The van der Waals surface area contributed by atoms with Crippen molar-refractivity contribution in [2.24, 2.45) is 0 Å². The predicted octanol–water partition coefficient (Wildman–Crippen LogP) is 2.76. The topological polar surface area (TPSA) is 79.1 Å². The molecule has 2 aliphatic rings. The Morgan fingerprint density at radius 1 is 1.25 bits per heavy atom. The van der Waals surface area contributed by atoms with Gasteiger partial charge in [-0.1, -0.05) is 0 Å². The van der Waals surface area contributed by atoms with E-state index in [0.29, 0.717) is 22.8 Å². The number of imidazole rings is 1. The highest BCUT2D eigenvalue weighted by Crippen LogP contribution is 2.43. The van der Waals surface area contributed by atoms with Crippen LogP contribution in [0, 0.1) is 0 Å². The second kappa shape index (κ2) is 6.60. The molecule has 0 bridgehead atoms. The molecule has 1 saturated carbocycles. The van der Waals surface area contributed by atoms with E-state index in [1.54, 1.807) is 31.0 Å². The molecule has 5 rings (SSSR count). The van der Waals surface area contributed by atoms with Crippen LogP contribution in [0.2, 0.25) is 0 Å². The number of phenolic OH excluding ortho intramolecular Hbond substituents is 1. The summed E-state index contributed by atoms with van der Waals surface area (Å²) < 4.78 is 1.85. The minimum Gasteiger partial charge on any atom is -0.507 e. The zero-order valence-electron chi connectivity index (χ0n) is 15.9. The fourth-order valence-corrected chi connectivity index (χ4v) is 4.13. The monoisotopic (exact) mass is 376 g/mol. The van der Waals surface area contributed by atoms with Crippen LogP contribution in [-0.4, -0.2) is 49.8 Å². The lowest BCUT2D eigenvalue weighted by atomic mass is 9.96. The fourth-order valence-electron chi connectivity index (χ4n) is 4.13. The van der Waals surface area contributed by atoms with E-state index in [2.05, 4.69) is 32.2 Å². The number of aromatic nitrogens is 4. The van der Waals surface area contributed by atoms with Gasteiger partial charge < -0.3 is 19.9 Å². The zero-order valence-corrected chi connectivity index (χ0v) is 15.9. The quantitative estimate of drug-likeness (QED) is 0.729. The van der Waals surface area contributed by atoms with Gasteiger partial charge in [0, 0.05) is 42.7 Å². The maximum atomic E-state index is 10.5. The van der Waals surface area contributed by atoms with Crippen LogP contribution in [0.1, 0.15) is 25.7 Å². The Morgan fingerprint density at radius 3 is 2.82 bits per heavy atom. The zero-order chi connectivity index (χ0) is 19.1. The molecular formula is C21H24N6O. The number of nitrogens with zero attached hydrogens (tertiary/aromatic N) is 5. The van der Waals surface area contributed by atoms with E-state index >= 15 is 0 Å². The van der Waals surface area contributed by atoms with Crippen LogP contribution in [0.4, 0.5) is 5.82 Å². The number of anilines is 1. The third-order valence-electron chi connectivity index (χ3n) is 6.06. The summed E-state index contributed by atoms with van der Waals surface area (Å²) in [4.78, 5) is 15.5. The molecule has 3 aromatic rings. The molecule has 0 radical (unpaired) electrons. The van der Waals surface area contributed by atoms with Gasteiger partial charge >= 0.3 is 0 Å². The number of aromatic hydroxyl groups is 1. The van der Waals surface area contributed by atoms with Crippen LogP contribution in [0.5, 0.6) is 5.75 Å². The molecule has 2 fully saturated rings. The van der Waals surface area contributed by atoms with Gasteiger partial charge in [-0.05, 0) is 44.4 Å². The van der Waals surface area contributed by atoms with E-state index in [9.17, 15) is 5.11 Å². The van der Waals surface area contributed by atoms with Crippen LogP contribution in [0.25, 0.3) is 16.9 Å². The molecule has 1 aliphatic carbocycles. The van der Waals surface area contributed by atoms with E-state index in [1.807, 2.05) is 22.9 Å². The number of rotatable bonds is 4. The second-order valence-electron chi connectivity index (χ2n) is 7.90. The fraction of sp³-hybridized carbons (Fsp3) is 0.381. The number of phenols is 1. The first-order valence-electron chi connectivity index (χ1n) is 9.75. The van der Waals surface area contributed by atoms with Gasteiger partial charge in [0.15, 0.2) is 0 Å². The van der Waals surface area contributed by atoms with Gasteiger partial charge in [-0.15, -0.1) is 0 Å². The van der Waals surface area contributed by atoms with Crippen molar-refractivity contribution in [1.82, 2.24) is 24.8 Å². The minimum absolute atomic E-state index is 0.177. The number of benzene rings is 1. The summed E-state index contributed by atoms with van der Waals surface area (Å²) in [6.45, 7) is 1.07. The van der Waals surface area contributed by atoms with Crippen molar-refractivity contribution in [2.45, 2.75) is 37.3 Å². The summed E-state index contributed by atoms with van der Waals surface area (Å²) in [5, 5.41) is 14.1. The van der Waals surface area contributed by atoms with Gasteiger partial charge in [0.2, 0.25) is 0 Å². The first-order valence-corrected chi connectivity index (χ1v) is 9.75. The number of piperidine rings is 1. The Hall–Kier alpha value is -2.93. The smallest absolute Gasteiger partial charge is 0.147 e. The van der Waals surface area contributed by atoms with Crippen LogP contribution in [-0.2, 0) is 0 Å². The maximum Gasteiger partial charge on any atom is 0.147 e. The van der Waals surface area contributed by atoms with E-state index in [0.717, 1.165) is 24.5 Å². The molecule has 2 N–H and O–H groups in total. The van der Waals surface area contributed by atoms with Crippen LogP contribution in [0.15, 0.2) is 49.3 Å².